The number of rotatable bonds is 6. The molecule has 1 heterocycles. The van der Waals surface area contributed by atoms with Crippen molar-refractivity contribution in [2.45, 2.75) is 20.4 Å². The first-order valence-corrected chi connectivity index (χ1v) is 8.68. The second-order valence-electron chi connectivity index (χ2n) is 5.92. The molecular formula is C20H21ClN4O. The Morgan fingerprint density at radius 1 is 1.04 bits per heavy atom. The van der Waals surface area contributed by atoms with Crippen LogP contribution in [0.4, 0.5) is 17.5 Å². The first-order valence-electron chi connectivity index (χ1n) is 8.30. The van der Waals surface area contributed by atoms with Gasteiger partial charge in [-0.15, -0.1) is 0 Å². The summed E-state index contributed by atoms with van der Waals surface area (Å²) in [4.78, 5) is 9.01. The van der Waals surface area contributed by atoms with Crippen molar-refractivity contribution in [3.05, 3.63) is 70.4 Å². The molecule has 0 bridgehead atoms. The van der Waals surface area contributed by atoms with Gasteiger partial charge in [-0.3, -0.25) is 0 Å². The summed E-state index contributed by atoms with van der Waals surface area (Å²) in [6, 6.07) is 15.5. The highest BCUT2D eigenvalue weighted by atomic mass is 35.5. The first-order chi connectivity index (χ1) is 12.6. The van der Waals surface area contributed by atoms with E-state index < -0.39 is 0 Å². The zero-order valence-corrected chi connectivity index (χ0v) is 15.8. The topological polar surface area (TPSA) is 59.1 Å². The van der Waals surface area contributed by atoms with Crippen LogP contribution in [0.1, 0.15) is 16.8 Å². The number of aryl methyl sites for hydroxylation is 1. The molecule has 0 unspecified atom stereocenters. The molecule has 26 heavy (non-hydrogen) atoms. The monoisotopic (exact) mass is 368 g/mol. The summed E-state index contributed by atoms with van der Waals surface area (Å²) in [7, 11) is 1.66. The van der Waals surface area contributed by atoms with E-state index in [-0.39, 0.29) is 0 Å². The van der Waals surface area contributed by atoms with Gasteiger partial charge in [-0.05, 0) is 37.6 Å². The molecule has 3 aromatic rings. The van der Waals surface area contributed by atoms with E-state index in [1.807, 2.05) is 62.4 Å². The van der Waals surface area contributed by atoms with Gasteiger partial charge in [0.15, 0.2) is 0 Å². The van der Waals surface area contributed by atoms with Gasteiger partial charge in [0, 0.05) is 34.6 Å². The Morgan fingerprint density at radius 3 is 2.65 bits per heavy atom. The van der Waals surface area contributed by atoms with E-state index in [9.17, 15) is 0 Å². The van der Waals surface area contributed by atoms with Gasteiger partial charge in [-0.1, -0.05) is 35.9 Å². The third-order valence-corrected chi connectivity index (χ3v) is 4.42. The zero-order valence-electron chi connectivity index (χ0n) is 15.0. The van der Waals surface area contributed by atoms with E-state index in [1.165, 1.54) is 0 Å². The fourth-order valence-corrected chi connectivity index (χ4v) is 2.79. The Hall–Kier alpha value is -2.79. The van der Waals surface area contributed by atoms with Gasteiger partial charge in [0.1, 0.15) is 11.6 Å². The Kier molecular flexibility index (Phi) is 5.58. The highest BCUT2D eigenvalue weighted by Crippen LogP contribution is 2.26. The Balaban J connectivity index is 1.78. The minimum Gasteiger partial charge on any atom is -0.496 e. The van der Waals surface area contributed by atoms with Crippen molar-refractivity contribution in [2.75, 3.05) is 17.7 Å². The summed E-state index contributed by atoms with van der Waals surface area (Å²) in [5.41, 5.74) is 3.81. The molecule has 2 N–H and O–H groups in total. The summed E-state index contributed by atoms with van der Waals surface area (Å²) in [6.07, 6.45) is 0. The first kappa shape index (κ1) is 18.0. The molecule has 0 aliphatic rings. The molecule has 1 aromatic heterocycles. The predicted octanol–water partition coefficient (Wildman–Crippen LogP) is 5.11. The van der Waals surface area contributed by atoms with Crippen LogP contribution in [0.25, 0.3) is 0 Å². The second kappa shape index (κ2) is 8.06. The lowest BCUT2D eigenvalue weighted by molar-refractivity contribution is 0.410. The van der Waals surface area contributed by atoms with Crippen LogP contribution in [0.5, 0.6) is 5.75 Å². The van der Waals surface area contributed by atoms with E-state index in [0.29, 0.717) is 18.3 Å². The fraction of sp³-hybridized carbons (Fsp3) is 0.200. The van der Waals surface area contributed by atoms with Gasteiger partial charge in [-0.25, -0.2) is 4.98 Å². The lowest BCUT2D eigenvalue weighted by Crippen LogP contribution is -2.07. The number of anilines is 3. The van der Waals surface area contributed by atoms with Crippen molar-refractivity contribution in [3.63, 3.8) is 0 Å². The van der Waals surface area contributed by atoms with Gasteiger partial charge in [-0.2, -0.15) is 4.98 Å². The molecule has 0 fully saturated rings. The van der Waals surface area contributed by atoms with Crippen molar-refractivity contribution in [3.8, 4) is 5.75 Å². The molecule has 134 valence electrons. The van der Waals surface area contributed by atoms with Crippen LogP contribution in [0.3, 0.4) is 0 Å². The number of ether oxygens (including phenoxy) is 1. The fourth-order valence-electron chi connectivity index (χ4n) is 2.62. The van der Waals surface area contributed by atoms with E-state index in [1.54, 1.807) is 7.11 Å². The maximum Gasteiger partial charge on any atom is 0.225 e. The number of nitrogens with zero attached hydrogens (tertiary/aromatic N) is 2. The maximum atomic E-state index is 6.19. The van der Waals surface area contributed by atoms with Crippen molar-refractivity contribution in [2.24, 2.45) is 0 Å². The summed E-state index contributed by atoms with van der Waals surface area (Å²) in [5.74, 6) is 2.10. The van der Waals surface area contributed by atoms with E-state index in [2.05, 4.69) is 20.6 Å². The van der Waals surface area contributed by atoms with Gasteiger partial charge >= 0.3 is 0 Å². The summed E-state index contributed by atoms with van der Waals surface area (Å²) in [6.45, 7) is 4.48. The smallest absolute Gasteiger partial charge is 0.225 e. The summed E-state index contributed by atoms with van der Waals surface area (Å²) >= 11 is 6.19. The number of para-hydroxylation sites is 1. The average molecular weight is 369 g/mol. The van der Waals surface area contributed by atoms with Crippen molar-refractivity contribution in [1.29, 1.82) is 0 Å². The molecule has 0 spiro atoms. The molecule has 0 saturated carbocycles. The van der Waals surface area contributed by atoms with Gasteiger partial charge in [0.05, 0.1) is 7.11 Å². The Morgan fingerprint density at radius 2 is 1.85 bits per heavy atom. The molecule has 3 rings (SSSR count). The quantitative estimate of drug-likeness (QED) is 0.633. The van der Waals surface area contributed by atoms with Crippen LogP contribution in [-0.4, -0.2) is 17.1 Å². The normalized spacial score (nSPS) is 10.5. The van der Waals surface area contributed by atoms with Crippen LogP contribution in [0, 0.1) is 13.8 Å². The number of hydrogen-bond donors (Lipinski definition) is 2. The molecule has 0 saturated heterocycles. The van der Waals surface area contributed by atoms with Crippen LogP contribution < -0.4 is 15.4 Å². The molecule has 0 radical (unpaired) electrons. The van der Waals surface area contributed by atoms with Crippen LogP contribution >= 0.6 is 11.6 Å². The van der Waals surface area contributed by atoms with E-state index in [0.717, 1.165) is 33.3 Å². The maximum absolute atomic E-state index is 6.19. The molecular weight excluding hydrogens is 348 g/mol. The van der Waals surface area contributed by atoms with Gasteiger partial charge in [0.25, 0.3) is 0 Å². The minimum atomic E-state index is 0.554. The van der Waals surface area contributed by atoms with Crippen molar-refractivity contribution in [1.82, 2.24) is 9.97 Å². The van der Waals surface area contributed by atoms with E-state index >= 15 is 0 Å². The predicted molar refractivity (Wildman–Crippen MR) is 107 cm³/mol. The van der Waals surface area contributed by atoms with Gasteiger partial charge in [0.2, 0.25) is 5.95 Å². The molecule has 0 aliphatic heterocycles. The SMILES string of the molecule is COc1ccccc1CNc1nc(C)cc(Nc2cccc(Cl)c2C)n1. The summed E-state index contributed by atoms with van der Waals surface area (Å²) in [5, 5.41) is 7.29. The van der Waals surface area contributed by atoms with Crippen LogP contribution in [0.2, 0.25) is 5.02 Å². The average Bonchev–Trinajstić information content (AvgIpc) is 2.63. The number of aromatic nitrogens is 2. The third-order valence-electron chi connectivity index (χ3n) is 4.01. The standard InChI is InChI=1S/C20H21ClN4O/c1-13-11-19(24-17-9-6-8-16(21)14(17)2)25-20(23-13)22-12-15-7-4-5-10-18(15)26-3/h4-11H,12H2,1-3H3,(H2,22,23,24,25). The molecule has 5 nitrogen and oxygen atoms in total. The summed E-state index contributed by atoms with van der Waals surface area (Å²) < 4.78 is 5.38. The van der Waals surface area contributed by atoms with Crippen LogP contribution in [0.15, 0.2) is 48.5 Å². The molecule has 0 atom stereocenters. The molecule has 2 aromatic carbocycles. The Labute approximate surface area is 158 Å². The number of halogens is 1. The number of benzene rings is 2. The largest absolute Gasteiger partial charge is 0.496 e. The number of methoxy groups -OCH3 is 1. The Bertz CT molecular complexity index is 914. The van der Waals surface area contributed by atoms with Crippen LogP contribution in [-0.2, 0) is 6.54 Å². The highest BCUT2D eigenvalue weighted by Gasteiger charge is 2.07. The van der Waals surface area contributed by atoms with Crippen molar-refractivity contribution >= 4 is 29.1 Å². The second-order valence-corrected chi connectivity index (χ2v) is 6.33. The van der Waals surface area contributed by atoms with Gasteiger partial charge < -0.3 is 15.4 Å². The lowest BCUT2D eigenvalue weighted by Gasteiger charge is -2.13. The third kappa shape index (κ3) is 4.24. The number of hydrogen-bond acceptors (Lipinski definition) is 5. The van der Waals surface area contributed by atoms with Crippen molar-refractivity contribution < 1.29 is 4.74 Å². The zero-order chi connectivity index (χ0) is 18.5. The molecule has 6 heteroatoms. The molecule has 0 aliphatic carbocycles. The molecule has 0 amide bonds. The highest BCUT2D eigenvalue weighted by molar-refractivity contribution is 6.31. The van der Waals surface area contributed by atoms with E-state index in [4.69, 9.17) is 16.3 Å². The number of nitrogens with one attached hydrogen (secondary N) is 2. The minimum absolute atomic E-state index is 0.554. The lowest BCUT2D eigenvalue weighted by atomic mass is 10.2.